The molecule has 1 saturated heterocycles. The highest BCUT2D eigenvalue weighted by molar-refractivity contribution is 5.92. The summed E-state index contributed by atoms with van der Waals surface area (Å²) in [5.74, 6) is -0.206. The standard InChI is InChI=1S/C16H20N6O2/c1-11(23)18-9-12-8-17-10-14(19-12)15-4-3-6-22(15)16(24)13-5-7-21(2)20-13/h5,7-8,10,15H,3-4,6,9H2,1-2H3,(H,18,23)/t15-/m1/s1. The number of hydrogen-bond acceptors (Lipinski definition) is 5. The SMILES string of the molecule is CC(=O)NCc1cncc([C@H]2CCCN2C(=O)c2ccn(C)n2)n1. The van der Waals surface area contributed by atoms with E-state index in [0.717, 1.165) is 18.5 Å². The second-order valence-electron chi connectivity index (χ2n) is 5.88. The summed E-state index contributed by atoms with van der Waals surface area (Å²) in [6, 6.07) is 1.61. The van der Waals surface area contributed by atoms with Gasteiger partial charge in [0.2, 0.25) is 5.91 Å². The number of likely N-dealkylation sites (tertiary alicyclic amines) is 1. The maximum Gasteiger partial charge on any atom is 0.274 e. The van der Waals surface area contributed by atoms with E-state index >= 15 is 0 Å². The molecule has 0 spiro atoms. The molecule has 0 unspecified atom stereocenters. The zero-order chi connectivity index (χ0) is 17.1. The van der Waals surface area contributed by atoms with Crippen LogP contribution in [0.25, 0.3) is 0 Å². The summed E-state index contributed by atoms with van der Waals surface area (Å²) in [6.45, 7) is 2.47. The van der Waals surface area contributed by atoms with Crippen LogP contribution in [-0.2, 0) is 18.4 Å². The number of nitrogens with zero attached hydrogens (tertiary/aromatic N) is 5. The number of nitrogens with one attached hydrogen (secondary N) is 1. The lowest BCUT2D eigenvalue weighted by atomic mass is 10.1. The van der Waals surface area contributed by atoms with Crippen LogP contribution >= 0.6 is 0 Å². The fourth-order valence-corrected chi connectivity index (χ4v) is 2.88. The second-order valence-corrected chi connectivity index (χ2v) is 5.88. The van der Waals surface area contributed by atoms with Crippen molar-refractivity contribution in [3.8, 4) is 0 Å². The van der Waals surface area contributed by atoms with Crippen LogP contribution in [0.15, 0.2) is 24.7 Å². The van der Waals surface area contributed by atoms with Gasteiger partial charge in [0.05, 0.1) is 36.4 Å². The average molecular weight is 328 g/mol. The molecule has 0 saturated carbocycles. The van der Waals surface area contributed by atoms with E-state index in [1.54, 1.807) is 41.3 Å². The Morgan fingerprint density at radius 3 is 2.92 bits per heavy atom. The van der Waals surface area contributed by atoms with Crippen LogP contribution in [0.4, 0.5) is 0 Å². The molecule has 2 amide bonds. The number of aromatic nitrogens is 4. The Kier molecular flexibility index (Phi) is 4.54. The molecular weight excluding hydrogens is 308 g/mol. The minimum absolute atomic E-state index is 0.0906. The van der Waals surface area contributed by atoms with Gasteiger partial charge in [0.15, 0.2) is 0 Å². The topological polar surface area (TPSA) is 93.0 Å². The van der Waals surface area contributed by atoms with Gasteiger partial charge in [-0.05, 0) is 18.9 Å². The first-order chi connectivity index (χ1) is 11.5. The van der Waals surface area contributed by atoms with E-state index in [4.69, 9.17) is 0 Å². The first-order valence-corrected chi connectivity index (χ1v) is 7.90. The molecule has 1 N–H and O–H groups in total. The number of amides is 2. The Bertz CT molecular complexity index is 757. The Labute approximate surface area is 139 Å². The molecule has 2 aromatic rings. The smallest absolute Gasteiger partial charge is 0.274 e. The van der Waals surface area contributed by atoms with Gasteiger partial charge < -0.3 is 10.2 Å². The van der Waals surface area contributed by atoms with Crippen LogP contribution in [0.2, 0.25) is 0 Å². The molecule has 0 aromatic carbocycles. The highest BCUT2D eigenvalue weighted by Gasteiger charge is 2.32. The number of rotatable bonds is 4. The number of aryl methyl sites for hydroxylation is 1. The van der Waals surface area contributed by atoms with Crippen molar-refractivity contribution in [1.82, 2.24) is 30.0 Å². The quantitative estimate of drug-likeness (QED) is 0.897. The minimum atomic E-state index is -0.116. The van der Waals surface area contributed by atoms with Gasteiger partial charge >= 0.3 is 0 Å². The molecule has 2 aromatic heterocycles. The first-order valence-electron chi connectivity index (χ1n) is 7.90. The van der Waals surface area contributed by atoms with E-state index < -0.39 is 0 Å². The molecule has 1 atom stereocenters. The van der Waals surface area contributed by atoms with Crippen molar-refractivity contribution in [1.29, 1.82) is 0 Å². The van der Waals surface area contributed by atoms with Crippen molar-refractivity contribution in [2.75, 3.05) is 6.54 Å². The molecule has 8 heteroatoms. The molecule has 0 radical (unpaired) electrons. The summed E-state index contributed by atoms with van der Waals surface area (Å²) in [6.07, 6.45) is 6.83. The van der Waals surface area contributed by atoms with Crippen molar-refractivity contribution in [3.63, 3.8) is 0 Å². The Hall–Kier alpha value is -2.77. The van der Waals surface area contributed by atoms with E-state index in [0.29, 0.717) is 24.5 Å². The van der Waals surface area contributed by atoms with Gasteiger partial charge in [-0.1, -0.05) is 0 Å². The second kappa shape index (κ2) is 6.77. The van der Waals surface area contributed by atoms with Gasteiger partial charge in [-0.15, -0.1) is 0 Å². The van der Waals surface area contributed by atoms with Gasteiger partial charge in [0.25, 0.3) is 5.91 Å². The normalized spacial score (nSPS) is 17.1. The molecule has 3 heterocycles. The van der Waals surface area contributed by atoms with Gasteiger partial charge in [0.1, 0.15) is 5.69 Å². The molecule has 3 rings (SSSR count). The summed E-state index contributed by atoms with van der Waals surface area (Å²) in [4.78, 5) is 34.3. The fourth-order valence-electron chi connectivity index (χ4n) is 2.88. The van der Waals surface area contributed by atoms with E-state index in [2.05, 4.69) is 20.4 Å². The number of carbonyl (C=O) groups is 2. The summed E-state index contributed by atoms with van der Waals surface area (Å²) < 4.78 is 1.62. The van der Waals surface area contributed by atoms with Gasteiger partial charge in [-0.2, -0.15) is 5.10 Å². The molecule has 1 fully saturated rings. The van der Waals surface area contributed by atoms with Crippen molar-refractivity contribution >= 4 is 11.8 Å². The summed E-state index contributed by atoms with van der Waals surface area (Å²) in [5, 5.41) is 6.90. The Morgan fingerprint density at radius 1 is 1.38 bits per heavy atom. The minimum Gasteiger partial charge on any atom is -0.351 e. The number of carbonyl (C=O) groups excluding carboxylic acids is 2. The fraction of sp³-hybridized carbons (Fsp3) is 0.438. The third-order valence-electron chi connectivity index (χ3n) is 4.01. The Morgan fingerprint density at radius 2 is 2.21 bits per heavy atom. The summed E-state index contributed by atoms with van der Waals surface area (Å²) >= 11 is 0. The third kappa shape index (κ3) is 3.42. The maximum atomic E-state index is 12.7. The molecular formula is C16H20N6O2. The molecule has 1 aliphatic heterocycles. The molecule has 8 nitrogen and oxygen atoms in total. The monoisotopic (exact) mass is 328 g/mol. The van der Waals surface area contributed by atoms with Crippen LogP contribution in [0.3, 0.4) is 0 Å². The lowest BCUT2D eigenvalue weighted by Gasteiger charge is -2.23. The maximum absolute atomic E-state index is 12.7. The third-order valence-corrected chi connectivity index (χ3v) is 4.01. The predicted molar refractivity (Wildman–Crippen MR) is 85.8 cm³/mol. The summed E-state index contributed by atoms with van der Waals surface area (Å²) in [5.41, 5.74) is 1.87. The van der Waals surface area contributed by atoms with Crippen LogP contribution in [0, 0.1) is 0 Å². The highest BCUT2D eigenvalue weighted by atomic mass is 16.2. The largest absolute Gasteiger partial charge is 0.351 e. The van der Waals surface area contributed by atoms with Crippen molar-refractivity contribution < 1.29 is 9.59 Å². The highest BCUT2D eigenvalue weighted by Crippen LogP contribution is 2.31. The molecule has 0 bridgehead atoms. The first kappa shape index (κ1) is 16.1. The predicted octanol–water partition coefficient (Wildman–Crippen LogP) is 0.823. The van der Waals surface area contributed by atoms with Crippen molar-refractivity contribution in [2.45, 2.75) is 32.4 Å². The summed E-state index contributed by atoms with van der Waals surface area (Å²) in [7, 11) is 1.79. The lowest BCUT2D eigenvalue weighted by Crippen LogP contribution is -2.31. The molecule has 126 valence electrons. The lowest BCUT2D eigenvalue weighted by molar-refractivity contribution is -0.119. The molecule has 0 aliphatic carbocycles. The number of hydrogen-bond donors (Lipinski definition) is 1. The zero-order valence-electron chi connectivity index (χ0n) is 13.8. The van der Waals surface area contributed by atoms with E-state index in [1.165, 1.54) is 6.92 Å². The zero-order valence-corrected chi connectivity index (χ0v) is 13.8. The van der Waals surface area contributed by atoms with Gasteiger partial charge in [-0.25, -0.2) is 0 Å². The van der Waals surface area contributed by atoms with Crippen molar-refractivity contribution in [2.24, 2.45) is 7.05 Å². The van der Waals surface area contributed by atoms with Gasteiger partial charge in [-0.3, -0.25) is 24.2 Å². The average Bonchev–Trinajstić information content (AvgIpc) is 3.21. The van der Waals surface area contributed by atoms with E-state index in [1.807, 2.05) is 0 Å². The molecule has 1 aliphatic rings. The van der Waals surface area contributed by atoms with Gasteiger partial charge in [0, 0.05) is 26.7 Å². The molecule has 24 heavy (non-hydrogen) atoms. The van der Waals surface area contributed by atoms with Crippen LogP contribution in [0.5, 0.6) is 0 Å². The van der Waals surface area contributed by atoms with Crippen molar-refractivity contribution in [3.05, 3.63) is 41.7 Å². The Balaban J connectivity index is 1.79. The van der Waals surface area contributed by atoms with Crippen LogP contribution in [-0.4, -0.2) is 43.0 Å². The van der Waals surface area contributed by atoms with E-state index in [9.17, 15) is 9.59 Å². The van der Waals surface area contributed by atoms with Crippen LogP contribution < -0.4 is 5.32 Å². The van der Waals surface area contributed by atoms with E-state index in [-0.39, 0.29) is 17.9 Å². The van der Waals surface area contributed by atoms with Crippen LogP contribution in [0.1, 0.15) is 47.7 Å².